The van der Waals surface area contributed by atoms with Gasteiger partial charge in [0.25, 0.3) is 0 Å². The van der Waals surface area contributed by atoms with E-state index in [1.165, 1.54) is 26.4 Å². The van der Waals surface area contributed by atoms with Crippen LogP contribution in [0.15, 0.2) is 24.3 Å². The van der Waals surface area contributed by atoms with E-state index in [-0.39, 0.29) is 5.97 Å². The fraction of sp³-hybridized carbons (Fsp3) is 0.389. The number of carbonyl (C=O) groups is 1. The number of aromatic nitrogens is 1. The number of hydrogen-bond donors (Lipinski definition) is 1. The van der Waals surface area contributed by atoms with Gasteiger partial charge in [-0.1, -0.05) is 32.1 Å². The maximum Gasteiger partial charge on any atom is 0.337 e. The number of methoxy groups -OCH3 is 1. The first-order valence-electron chi connectivity index (χ1n) is 7.44. The number of benzene rings is 1. The standard InChI is InChI=1S/C18H21NO2/c1-3-4-5-6-7-8-9-16-13-15-12-14(18(20)21-2)10-11-17(15)19-16/h10-13,19H,3-7H2,1-2H3. The summed E-state index contributed by atoms with van der Waals surface area (Å²) in [4.78, 5) is 14.8. The van der Waals surface area contributed by atoms with Crippen molar-refractivity contribution in [2.75, 3.05) is 7.11 Å². The number of carbonyl (C=O) groups excluding carboxylic acids is 1. The quantitative estimate of drug-likeness (QED) is 0.505. The third-order valence-electron chi connectivity index (χ3n) is 3.42. The van der Waals surface area contributed by atoms with Gasteiger partial charge in [-0.15, -0.1) is 0 Å². The molecule has 110 valence electrons. The maximum atomic E-state index is 11.5. The van der Waals surface area contributed by atoms with Crippen molar-refractivity contribution in [3.8, 4) is 11.8 Å². The number of fused-ring (bicyclic) bond motifs is 1. The van der Waals surface area contributed by atoms with Crippen molar-refractivity contribution in [3.63, 3.8) is 0 Å². The minimum absolute atomic E-state index is 0.318. The molecule has 0 radical (unpaired) electrons. The predicted molar refractivity (Wildman–Crippen MR) is 85.3 cm³/mol. The second-order valence-electron chi connectivity index (χ2n) is 5.09. The molecule has 1 aromatic heterocycles. The average molecular weight is 283 g/mol. The summed E-state index contributed by atoms with van der Waals surface area (Å²) < 4.78 is 4.73. The summed E-state index contributed by atoms with van der Waals surface area (Å²) in [6.07, 6.45) is 5.87. The second-order valence-corrected chi connectivity index (χ2v) is 5.09. The van der Waals surface area contributed by atoms with Crippen LogP contribution < -0.4 is 0 Å². The van der Waals surface area contributed by atoms with E-state index >= 15 is 0 Å². The molecular formula is C18H21NO2. The predicted octanol–water partition coefficient (Wildman–Crippen LogP) is 4.28. The molecule has 0 bridgehead atoms. The summed E-state index contributed by atoms with van der Waals surface area (Å²) in [5, 5.41) is 0.980. The topological polar surface area (TPSA) is 42.1 Å². The largest absolute Gasteiger partial charge is 0.465 e. The molecule has 2 rings (SSSR count). The fourth-order valence-electron chi connectivity index (χ4n) is 2.24. The highest BCUT2D eigenvalue weighted by atomic mass is 16.5. The molecule has 3 nitrogen and oxygen atoms in total. The van der Waals surface area contributed by atoms with Gasteiger partial charge in [-0.25, -0.2) is 4.79 Å². The van der Waals surface area contributed by atoms with Gasteiger partial charge in [0.15, 0.2) is 0 Å². The Balaban J connectivity index is 2.05. The molecule has 0 spiro atoms. The van der Waals surface area contributed by atoms with Crippen molar-refractivity contribution in [3.05, 3.63) is 35.5 Å². The molecule has 1 aromatic carbocycles. The number of rotatable bonds is 5. The molecule has 0 amide bonds. The zero-order valence-electron chi connectivity index (χ0n) is 12.7. The van der Waals surface area contributed by atoms with E-state index in [2.05, 4.69) is 23.7 Å². The summed E-state index contributed by atoms with van der Waals surface area (Å²) in [7, 11) is 1.39. The molecule has 0 aliphatic heterocycles. The van der Waals surface area contributed by atoms with Crippen molar-refractivity contribution in [1.82, 2.24) is 4.98 Å². The summed E-state index contributed by atoms with van der Waals surface area (Å²) in [5.41, 5.74) is 2.43. The molecule has 2 aromatic rings. The van der Waals surface area contributed by atoms with Crippen LogP contribution in [0.25, 0.3) is 10.9 Å². The van der Waals surface area contributed by atoms with E-state index in [0.717, 1.165) is 29.4 Å². The lowest BCUT2D eigenvalue weighted by molar-refractivity contribution is 0.0601. The Morgan fingerprint density at radius 1 is 1.24 bits per heavy atom. The van der Waals surface area contributed by atoms with Gasteiger partial charge in [-0.3, -0.25) is 0 Å². The van der Waals surface area contributed by atoms with Crippen LogP contribution in [0.2, 0.25) is 0 Å². The van der Waals surface area contributed by atoms with Crippen molar-refractivity contribution < 1.29 is 9.53 Å². The van der Waals surface area contributed by atoms with Gasteiger partial charge in [0.1, 0.15) is 0 Å². The number of hydrogen-bond acceptors (Lipinski definition) is 2. The highest BCUT2D eigenvalue weighted by Gasteiger charge is 2.07. The Bertz CT molecular complexity index is 673. The lowest BCUT2D eigenvalue weighted by atomic mass is 10.1. The molecule has 1 N–H and O–H groups in total. The molecule has 21 heavy (non-hydrogen) atoms. The van der Waals surface area contributed by atoms with Gasteiger partial charge >= 0.3 is 5.97 Å². The molecule has 0 aliphatic carbocycles. The minimum atomic E-state index is -0.318. The van der Waals surface area contributed by atoms with Gasteiger partial charge in [-0.05, 0) is 36.6 Å². The Labute approximate surface area is 125 Å². The summed E-state index contributed by atoms with van der Waals surface area (Å²) in [6.45, 7) is 2.21. The molecular weight excluding hydrogens is 262 g/mol. The fourth-order valence-corrected chi connectivity index (χ4v) is 2.24. The van der Waals surface area contributed by atoms with Crippen molar-refractivity contribution >= 4 is 16.9 Å². The zero-order valence-corrected chi connectivity index (χ0v) is 12.7. The van der Waals surface area contributed by atoms with E-state index in [9.17, 15) is 4.79 Å². The van der Waals surface area contributed by atoms with Crippen LogP contribution in [0.1, 0.15) is 55.1 Å². The number of ether oxygens (including phenoxy) is 1. The molecule has 0 fully saturated rings. The van der Waals surface area contributed by atoms with Crippen LogP contribution in [-0.2, 0) is 4.74 Å². The van der Waals surface area contributed by atoms with E-state index in [4.69, 9.17) is 4.74 Å². The van der Waals surface area contributed by atoms with E-state index in [1.807, 2.05) is 18.2 Å². The maximum absolute atomic E-state index is 11.5. The molecule has 0 saturated carbocycles. The Kier molecular flexibility index (Phi) is 5.45. The molecule has 0 aliphatic rings. The van der Waals surface area contributed by atoms with Crippen molar-refractivity contribution in [2.45, 2.75) is 39.0 Å². The van der Waals surface area contributed by atoms with E-state index in [0.29, 0.717) is 5.56 Å². The first-order valence-corrected chi connectivity index (χ1v) is 7.44. The third-order valence-corrected chi connectivity index (χ3v) is 3.42. The van der Waals surface area contributed by atoms with Crippen LogP contribution in [-0.4, -0.2) is 18.1 Å². The molecule has 0 unspecified atom stereocenters. The molecule has 0 atom stereocenters. The zero-order chi connectivity index (χ0) is 15.1. The Morgan fingerprint density at radius 2 is 2.10 bits per heavy atom. The van der Waals surface area contributed by atoms with Gasteiger partial charge in [0.2, 0.25) is 0 Å². The van der Waals surface area contributed by atoms with Crippen molar-refractivity contribution in [1.29, 1.82) is 0 Å². The highest BCUT2D eigenvalue weighted by molar-refractivity contribution is 5.95. The first kappa shape index (κ1) is 15.2. The normalized spacial score (nSPS) is 10.2. The Morgan fingerprint density at radius 3 is 2.86 bits per heavy atom. The second kappa shape index (κ2) is 7.54. The first-order chi connectivity index (χ1) is 10.2. The summed E-state index contributed by atoms with van der Waals surface area (Å²) in [5.74, 6) is 6.03. The molecule has 1 heterocycles. The van der Waals surface area contributed by atoms with Crippen LogP contribution in [0.3, 0.4) is 0 Å². The highest BCUT2D eigenvalue weighted by Crippen LogP contribution is 2.17. The number of unbranched alkanes of at least 4 members (excludes halogenated alkanes) is 4. The number of aromatic amines is 1. The Hall–Kier alpha value is -2.21. The van der Waals surface area contributed by atoms with Gasteiger partial charge < -0.3 is 9.72 Å². The smallest absolute Gasteiger partial charge is 0.337 e. The van der Waals surface area contributed by atoms with Crippen molar-refractivity contribution in [2.24, 2.45) is 0 Å². The SMILES string of the molecule is CCCCCCC#Cc1cc2cc(C(=O)OC)ccc2[nH]1. The van der Waals surface area contributed by atoms with E-state index < -0.39 is 0 Å². The minimum Gasteiger partial charge on any atom is -0.465 e. The summed E-state index contributed by atoms with van der Waals surface area (Å²) in [6, 6.07) is 7.44. The van der Waals surface area contributed by atoms with Gasteiger partial charge in [-0.2, -0.15) is 0 Å². The van der Waals surface area contributed by atoms with Crippen LogP contribution in [0.5, 0.6) is 0 Å². The number of H-pyrrole nitrogens is 1. The van der Waals surface area contributed by atoms with Crippen LogP contribution >= 0.6 is 0 Å². The van der Waals surface area contributed by atoms with Crippen LogP contribution in [0, 0.1) is 11.8 Å². The lowest BCUT2D eigenvalue weighted by Crippen LogP contribution is -2.00. The summed E-state index contributed by atoms with van der Waals surface area (Å²) >= 11 is 0. The average Bonchev–Trinajstić information content (AvgIpc) is 2.91. The third kappa shape index (κ3) is 4.13. The monoisotopic (exact) mass is 283 g/mol. The molecule has 3 heteroatoms. The van der Waals surface area contributed by atoms with E-state index in [1.54, 1.807) is 6.07 Å². The number of nitrogens with one attached hydrogen (secondary N) is 1. The molecule has 0 saturated heterocycles. The number of esters is 1. The van der Waals surface area contributed by atoms with Crippen LogP contribution in [0.4, 0.5) is 0 Å². The van der Waals surface area contributed by atoms with Gasteiger partial charge in [0, 0.05) is 17.3 Å². The lowest BCUT2D eigenvalue weighted by Gasteiger charge is -1.98. The van der Waals surface area contributed by atoms with Gasteiger partial charge in [0.05, 0.1) is 18.4 Å².